The largest absolute Gasteiger partial charge is 0.494 e. The highest BCUT2D eigenvalue weighted by Gasteiger charge is 2.30. The number of rotatable bonds is 18. The minimum Gasteiger partial charge on any atom is -0.494 e. The Morgan fingerprint density at radius 3 is 2.40 bits per heavy atom. The number of carbonyl (C=O) groups excluding carboxylic acids is 4. The molecule has 0 bridgehead atoms. The van der Waals surface area contributed by atoms with Gasteiger partial charge in [-0.25, -0.2) is 4.79 Å². The quantitative estimate of drug-likeness (QED) is 0.199. The Hall–Kier alpha value is -3.58. The van der Waals surface area contributed by atoms with Crippen LogP contribution in [0.2, 0.25) is 0 Å². The van der Waals surface area contributed by atoms with E-state index in [1.54, 1.807) is 39.0 Å². The number of ether oxygens (including phenoxy) is 3. The lowest BCUT2D eigenvalue weighted by Crippen LogP contribution is -2.54. The van der Waals surface area contributed by atoms with Crippen LogP contribution in [0.5, 0.6) is 11.5 Å². The molecule has 0 saturated carbocycles. The monoisotopic (exact) mass is 680 g/mol. The Balaban J connectivity index is 2.08. The van der Waals surface area contributed by atoms with E-state index in [4.69, 9.17) is 9.47 Å². The first kappa shape index (κ1) is 35.6. The van der Waals surface area contributed by atoms with Gasteiger partial charge in [-0.15, -0.1) is 11.8 Å². The molecule has 0 radical (unpaired) electrons. The van der Waals surface area contributed by atoms with Crippen molar-refractivity contribution in [1.82, 2.24) is 10.6 Å². The van der Waals surface area contributed by atoms with E-state index in [1.807, 2.05) is 24.3 Å². The smallest absolute Gasteiger partial charge is 0.343 e. The second-order valence-electron chi connectivity index (χ2n) is 9.78. The number of nitrogens with one attached hydrogen (secondary N) is 2. The first-order valence-electron chi connectivity index (χ1n) is 13.5. The van der Waals surface area contributed by atoms with Crippen molar-refractivity contribution in [2.75, 3.05) is 26.1 Å². The number of carboxylic acids is 1. The normalized spacial score (nSPS) is 12.1. The van der Waals surface area contributed by atoms with Crippen molar-refractivity contribution in [3.8, 4) is 11.5 Å². The third kappa shape index (κ3) is 12.7. The summed E-state index contributed by atoms with van der Waals surface area (Å²) in [4.78, 5) is 62.2. The van der Waals surface area contributed by atoms with Crippen LogP contribution in [0, 0.1) is 5.92 Å². The predicted molar refractivity (Wildman–Crippen MR) is 165 cm³/mol. The van der Waals surface area contributed by atoms with E-state index in [-0.39, 0.29) is 24.7 Å². The number of aliphatic carboxylic acids is 1. The lowest BCUT2D eigenvalue weighted by Gasteiger charge is -2.25. The summed E-state index contributed by atoms with van der Waals surface area (Å²) >= 11 is 4.71. The number of carboxylic acid groups (broad SMARTS) is 1. The fraction of sp³-hybridized carbons (Fsp3) is 0.433. The molecule has 11 nitrogen and oxygen atoms in total. The van der Waals surface area contributed by atoms with E-state index in [0.29, 0.717) is 29.4 Å². The molecule has 0 spiro atoms. The molecule has 2 aromatic carbocycles. The summed E-state index contributed by atoms with van der Waals surface area (Å²) in [5.74, 6) is -2.51. The summed E-state index contributed by atoms with van der Waals surface area (Å²) in [5.41, 5.74) is 1.45. The standard InChI is InChI=1S/C30H37BrN2O9S/c1-5-41-25-10-9-22(42-15-28(38)40-4)12-20(25)13-26(35)33-29(18(2)3)30(39)32-23(14-27(36)37)24(34)17-43-16-19-7-6-8-21(31)11-19/h6-12,18,23,29H,5,13-17H2,1-4H3,(H,32,39)(H,33,35)(H,36,37)/t23?,29-/m0/s1. The Labute approximate surface area is 263 Å². The minimum absolute atomic E-state index is 0.00194. The van der Waals surface area contributed by atoms with E-state index < -0.39 is 48.0 Å². The summed E-state index contributed by atoms with van der Waals surface area (Å²) in [6.45, 7) is 5.26. The predicted octanol–water partition coefficient (Wildman–Crippen LogP) is 3.54. The number of methoxy groups -OCH3 is 1. The molecular weight excluding hydrogens is 644 g/mol. The van der Waals surface area contributed by atoms with Gasteiger partial charge in [-0.05, 0) is 48.7 Å². The maximum atomic E-state index is 13.2. The number of ketones is 1. The van der Waals surface area contributed by atoms with Gasteiger partial charge in [0.1, 0.15) is 17.5 Å². The van der Waals surface area contributed by atoms with Crippen LogP contribution in [-0.4, -0.2) is 72.8 Å². The van der Waals surface area contributed by atoms with Gasteiger partial charge >= 0.3 is 11.9 Å². The third-order valence-electron chi connectivity index (χ3n) is 6.02. The number of Topliss-reactive ketones (excluding diaryl/α,β-unsaturated/α-hetero) is 1. The topological polar surface area (TPSA) is 157 Å². The van der Waals surface area contributed by atoms with Gasteiger partial charge in [-0.3, -0.25) is 19.2 Å². The number of hydrogen-bond acceptors (Lipinski definition) is 9. The maximum Gasteiger partial charge on any atom is 0.343 e. The summed E-state index contributed by atoms with van der Waals surface area (Å²) in [5, 5.41) is 14.6. The Morgan fingerprint density at radius 1 is 1.02 bits per heavy atom. The second-order valence-corrected chi connectivity index (χ2v) is 11.7. The number of amides is 2. The molecule has 0 aliphatic heterocycles. The maximum absolute atomic E-state index is 13.2. The Morgan fingerprint density at radius 2 is 1.77 bits per heavy atom. The Bertz CT molecular complexity index is 1290. The molecule has 2 atom stereocenters. The molecule has 0 aromatic heterocycles. The number of hydrogen-bond donors (Lipinski definition) is 3. The number of thioether (sulfide) groups is 1. The molecule has 0 saturated heterocycles. The van der Waals surface area contributed by atoms with Gasteiger partial charge in [0, 0.05) is 15.8 Å². The molecule has 1 unspecified atom stereocenters. The first-order chi connectivity index (χ1) is 20.4. The molecule has 2 rings (SSSR count). The zero-order chi connectivity index (χ0) is 31.9. The van der Waals surface area contributed by atoms with Crippen LogP contribution in [0.25, 0.3) is 0 Å². The van der Waals surface area contributed by atoms with Crippen LogP contribution < -0.4 is 20.1 Å². The second kappa shape index (κ2) is 18.2. The SMILES string of the molecule is CCOc1ccc(OCC(=O)OC)cc1CC(=O)N[C@H](C(=O)NC(CC(=O)O)C(=O)CSCc1cccc(Br)c1)C(C)C. The van der Waals surface area contributed by atoms with Crippen LogP contribution in [0.15, 0.2) is 46.9 Å². The number of benzene rings is 2. The summed E-state index contributed by atoms with van der Waals surface area (Å²) < 4.78 is 16.5. The van der Waals surface area contributed by atoms with Crippen molar-refractivity contribution in [3.05, 3.63) is 58.1 Å². The lowest BCUT2D eigenvalue weighted by molar-refractivity contribution is -0.143. The molecule has 2 amide bonds. The van der Waals surface area contributed by atoms with Gasteiger partial charge in [-0.2, -0.15) is 0 Å². The van der Waals surface area contributed by atoms with Crippen molar-refractivity contribution in [3.63, 3.8) is 0 Å². The molecule has 0 aliphatic rings. The van der Waals surface area contributed by atoms with Crippen molar-refractivity contribution in [2.45, 2.75) is 51.4 Å². The van der Waals surface area contributed by atoms with Gasteiger partial charge in [-0.1, -0.05) is 41.9 Å². The van der Waals surface area contributed by atoms with Gasteiger partial charge in [0.05, 0.1) is 38.4 Å². The van der Waals surface area contributed by atoms with E-state index in [0.717, 1.165) is 10.0 Å². The van der Waals surface area contributed by atoms with Crippen molar-refractivity contribution in [1.29, 1.82) is 0 Å². The highest BCUT2D eigenvalue weighted by atomic mass is 79.9. The van der Waals surface area contributed by atoms with Crippen LogP contribution >= 0.6 is 27.7 Å². The van der Waals surface area contributed by atoms with Crippen LogP contribution in [-0.2, 0) is 40.9 Å². The molecule has 13 heteroatoms. The molecule has 234 valence electrons. The van der Waals surface area contributed by atoms with E-state index in [2.05, 4.69) is 31.3 Å². The summed E-state index contributed by atoms with van der Waals surface area (Å²) in [6, 6.07) is 10.1. The zero-order valence-electron chi connectivity index (χ0n) is 24.5. The first-order valence-corrected chi connectivity index (χ1v) is 15.5. The molecule has 0 aliphatic carbocycles. The van der Waals surface area contributed by atoms with Crippen molar-refractivity contribution < 1.29 is 43.3 Å². The van der Waals surface area contributed by atoms with Gasteiger partial charge < -0.3 is 30.0 Å². The molecule has 0 fully saturated rings. The van der Waals surface area contributed by atoms with E-state index in [1.165, 1.54) is 18.9 Å². The van der Waals surface area contributed by atoms with Crippen molar-refractivity contribution in [2.24, 2.45) is 5.92 Å². The number of esters is 1. The minimum atomic E-state index is -1.26. The van der Waals surface area contributed by atoms with Crippen molar-refractivity contribution >= 4 is 57.2 Å². The lowest BCUT2D eigenvalue weighted by atomic mass is 10.0. The summed E-state index contributed by atoms with van der Waals surface area (Å²) in [6.07, 6.45) is -0.762. The van der Waals surface area contributed by atoms with Gasteiger partial charge in [0.2, 0.25) is 11.8 Å². The number of halogens is 1. The molecule has 0 heterocycles. The average molecular weight is 682 g/mol. The molecule has 3 N–H and O–H groups in total. The van der Waals surface area contributed by atoms with E-state index >= 15 is 0 Å². The average Bonchev–Trinajstić information content (AvgIpc) is 2.95. The highest BCUT2D eigenvalue weighted by Crippen LogP contribution is 2.25. The highest BCUT2D eigenvalue weighted by molar-refractivity contribution is 9.10. The van der Waals surface area contributed by atoms with Gasteiger partial charge in [0.25, 0.3) is 0 Å². The van der Waals surface area contributed by atoms with E-state index in [9.17, 15) is 29.1 Å². The van der Waals surface area contributed by atoms with Crippen LogP contribution in [0.3, 0.4) is 0 Å². The Kier molecular flexibility index (Phi) is 15.0. The third-order valence-corrected chi connectivity index (χ3v) is 7.54. The number of carbonyl (C=O) groups is 5. The zero-order valence-corrected chi connectivity index (χ0v) is 26.9. The fourth-order valence-electron chi connectivity index (χ4n) is 3.89. The van der Waals surface area contributed by atoms with Gasteiger partial charge in [0.15, 0.2) is 12.4 Å². The molecule has 2 aromatic rings. The fourth-order valence-corrected chi connectivity index (χ4v) is 5.26. The molecule has 43 heavy (non-hydrogen) atoms. The van der Waals surface area contributed by atoms with Crippen LogP contribution in [0.1, 0.15) is 38.3 Å². The summed E-state index contributed by atoms with van der Waals surface area (Å²) in [7, 11) is 1.24. The molecular formula is C30H37BrN2O9S. The van der Waals surface area contributed by atoms with Crippen LogP contribution in [0.4, 0.5) is 0 Å².